The van der Waals surface area contributed by atoms with Gasteiger partial charge >= 0.3 is 0 Å². The largest absolute Gasteiger partial charge is 0.321 e. The van der Waals surface area contributed by atoms with Gasteiger partial charge in [-0.15, -0.1) is 0 Å². The van der Waals surface area contributed by atoms with E-state index in [0.29, 0.717) is 16.3 Å². The first kappa shape index (κ1) is 13.6. The van der Waals surface area contributed by atoms with Crippen LogP contribution in [0, 0.1) is 19.7 Å². The number of carbonyl (C=O) groups is 1. The van der Waals surface area contributed by atoms with E-state index in [0.717, 1.165) is 5.56 Å². The molecule has 0 saturated heterocycles. The molecule has 0 atom stereocenters. The predicted octanol–water partition coefficient (Wildman–Crippen LogP) is 4.35. The van der Waals surface area contributed by atoms with Crippen molar-refractivity contribution in [2.45, 2.75) is 13.8 Å². The van der Waals surface area contributed by atoms with Crippen molar-refractivity contribution >= 4 is 23.2 Å². The van der Waals surface area contributed by atoms with E-state index in [-0.39, 0.29) is 5.56 Å². The third-order valence-electron chi connectivity index (χ3n) is 2.81. The van der Waals surface area contributed by atoms with Crippen molar-refractivity contribution in [2.24, 2.45) is 0 Å². The van der Waals surface area contributed by atoms with Crippen molar-refractivity contribution in [2.75, 3.05) is 5.32 Å². The lowest BCUT2D eigenvalue weighted by Gasteiger charge is -2.09. The van der Waals surface area contributed by atoms with Crippen LogP contribution in [0.4, 0.5) is 10.1 Å². The number of hydrogen-bond donors (Lipinski definition) is 1. The maximum absolute atomic E-state index is 13.8. The number of aryl methyl sites for hydroxylation is 2. The Kier molecular flexibility index (Phi) is 3.86. The summed E-state index contributed by atoms with van der Waals surface area (Å²) < 4.78 is 13.8. The van der Waals surface area contributed by atoms with Gasteiger partial charge in [0.25, 0.3) is 5.91 Å². The van der Waals surface area contributed by atoms with Crippen molar-refractivity contribution in [1.82, 2.24) is 0 Å². The Labute approximate surface area is 116 Å². The van der Waals surface area contributed by atoms with Gasteiger partial charge in [-0.2, -0.15) is 0 Å². The van der Waals surface area contributed by atoms with Crippen LogP contribution < -0.4 is 5.32 Å². The van der Waals surface area contributed by atoms with Gasteiger partial charge in [0, 0.05) is 0 Å². The fourth-order valence-corrected chi connectivity index (χ4v) is 2.02. The summed E-state index contributed by atoms with van der Waals surface area (Å²) in [5.41, 5.74) is 1.90. The van der Waals surface area contributed by atoms with Gasteiger partial charge in [0.05, 0.1) is 16.3 Å². The van der Waals surface area contributed by atoms with E-state index >= 15 is 0 Å². The first-order valence-corrected chi connectivity index (χ1v) is 6.19. The Morgan fingerprint density at radius 1 is 1.21 bits per heavy atom. The Balaban J connectivity index is 2.28. The lowest BCUT2D eigenvalue weighted by molar-refractivity contribution is 0.102. The molecule has 0 saturated carbocycles. The van der Waals surface area contributed by atoms with Crippen molar-refractivity contribution < 1.29 is 9.18 Å². The van der Waals surface area contributed by atoms with Crippen LogP contribution in [-0.2, 0) is 0 Å². The summed E-state index contributed by atoms with van der Waals surface area (Å²) in [6.45, 7) is 3.52. The summed E-state index contributed by atoms with van der Waals surface area (Å²) in [5, 5.41) is 3.04. The van der Waals surface area contributed by atoms with Gasteiger partial charge in [0.1, 0.15) is 5.82 Å². The van der Waals surface area contributed by atoms with Gasteiger partial charge in [0.15, 0.2) is 0 Å². The number of benzene rings is 2. The molecule has 0 spiro atoms. The van der Waals surface area contributed by atoms with Crippen LogP contribution in [0.25, 0.3) is 0 Å². The van der Waals surface area contributed by atoms with Gasteiger partial charge in [-0.25, -0.2) is 4.39 Å². The van der Waals surface area contributed by atoms with Crippen molar-refractivity contribution in [3.8, 4) is 0 Å². The van der Waals surface area contributed by atoms with Gasteiger partial charge in [-0.1, -0.05) is 29.8 Å². The molecule has 4 heteroatoms. The standard InChI is InChI=1S/C15H13ClFNO/c1-9-6-7-13(12(16)8-9)18-15(19)11-5-3-4-10(2)14(11)17/h3-8H,1-2H3,(H,18,19). The molecule has 0 unspecified atom stereocenters. The maximum atomic E-state index is 13.8. The summed E-state index contributed by atoms with van der Waals surface area (Å²) in [4.78, 5) is 12.0. The number of carbonyl (C=O) groups excluding carboxylic acids is 1. The minimum absolute atomic E-state index is 0.0108. The molecule has 2 nitrogen and oxygen atoms in total. The normalized spacial score (nSPS) is 10.3. The average molecular weight is 278 g/mol. The quantitative estimate of drug-likeness (QED) is 0.869. The molecule has 98 valence electrons. The summed E-state index contributed by atoms with van der Waals surface area (Å²) in [7, 11) is 0. The first-order chi connectivity index (χ1) is 8.99. The lowest BCUT2D eigenvalue weighted by Crippen LogP contribution is -2.14. The van der Waals surface area contributed by atoms with E-state index in [9.17, 15) is 9.18 Å². The molecule has 0 aromatic heterocycles. The van der Waals surface area contributed by atoms with Crippen LogP contribution in [0.5, 0.6) is 0 Å². The van der Waals surface area contributed by atoms with Crippen molar-refractivity contribution in [3.63, 3.8) is 0 Å². The first-order valence-electron chi connectivity index (χ1n) is 5.81. The minimum atomic E-state index is -0.511. The number of hydrogen-bond acceptors (Lipinski definition) is 1. The molecular formula is C15H13ClFNO. The van der Waals surface area contributed by atoms with E-state index in [1.54, 1.807) is 31.2 Å². The van der Waals surface area contributed by atoms with Gasteiger partial charge in [-0.05, 0) is 43.2 Å². The zero-order valence-corrected chi connectivity index (χ0v) is 11.4. The smallest absolute Gasteiger partial charge is 0.258 e. The third-order valence-corrected chi connectivity index (χ3v) is 3.12. The maximum Gasteiger partial charge on any atom is 0.258 e. The fraction of sp³-hybridized carbons (Fsp3) is 0.133. The number of halogens is 2. The second kappa shape index (κ2) is 5.41. The highest BCUT2D eigenvalue weighted by atomic mass is 35.5. The molecule has 0 heterocycles. The number of rotatable bonds is 2. The fourth-order valence-electron chi connectivity index (χ4n) is 1.73. The minimum Gasteiger partial charge on any atom is -0.321 e. The Morgan fingerprint density at radius 2 is 1.95 bits per heavy atom. The molecule has 1 N–H and O–H groups in total. The summed E-state index contributed by atoms with van der Waals surface area (Å²) in [5.74, 6) is -1.02. The molecule has 1 amide bonds. The highest BCUT2D eigenvalue weighted by Gasteiger charge is 2.14. The van der Waals surface area contributed by atoms with Crippen LogP contribution in [-0.4, -0.2) is 5.91 Å². The SMILES string of the molecule is Cc1ccc(NC(=O)c2cccc(C)c2F)c(Cl)c1. The van der Waals surface area contributed by atoms with E-state index in [2.05, 4.69) is 5.32 Å². The molecule has 0 fully saturated rings. The molecule has 2 aromatic rings. The molecule has 0 aliphatic rings. The number of nitrogens with one attached hydrogen (secondary N) is 1. The highest BCUT2D eigenvalue weighted by molar-refractivity contribution is 6.34. The monoisotopic (exact) mass is 277 g/mol. The van der Waals surface area contributed by atoms with E-state index < -0.39 is 11.7 Å². The van der Waals surface area contributed by atoms with Gasteiger partial charge < -0.3 is 5.32 Å². The molecule has 0 aliphatic carbocycles. The van der Waals surface area contributed by atoms with Gasteiger partial charge in [-0.3, -0.25) is 4.79 Å². The van der Waals surface area contributed by atoms with Crippen molar-refractivity contribution in [3.05, 3.63) is 63.9 Å². The molecule has 2 aromatic carbocycles. The number of anilines is 1. The molecule has 19 heavy (non-hydrogen) atoms. The van der Waals surface area contributed by atoms with E-state index in [1.165, 1.54) is 6.07 Å². The molecule has 0 aliphatic heterocycles. The summed E-state index contributed by atoms with van der Waals surface area (Å²) in [6.07, 6.45) is 0. The topological polar surface area (TPSA) is 29.1 Å². The Morgan fingerprint density at radius 3 is 2.63 bits per heavy atom. The van der Waals surface area contributed by atoms with Crippen LogP contribution in [0.1, 0.15) is 21.5 Å². The summed E-state index contributed by atoms with van der Waals surface area (Å²) in [6, 6.07) is 9.97. The second-order valence-electron chi connectivity index (χ2n) is 4.37. The second-order valence-corrected chi connectivity index (χ2v) is 4.78. The highest BCUT2D eigenvalue weighted by Crippen LogP contribution is 2.24. The molecule has 2 rings (SSSR count). The number of amides is 1. The van der Waals surface area contributed by atoms with Crippen LogP contribution in [0.2, 0.25) is 5.02 Å². The van der Waals surface area contributed by atoms with Crippen molar-refractivity contribution in [1.29, 1.82) is 0 Å². The Hall–Kier alpha value is -1.87. The van der Waals surface area contributed by atoms with E-state index in [1.807, 2.05) is 13.0 Å². The lowest BCUT2D eigenvalue weighted by atomic mass is 10.1. The van der Waals surface area contributed by atoms with Crippen LogP contribution in [0.15, 0.2) is 36.4 Å². The molecule has 0 radical (unpaired) electrons. The molecular weight excluding hydrogens is 265 g/mol. The predicted molar refractivity (Wildman–Crippen MR) is 75.3 cm³/mol. The zero-order valence-electron chi connectivity index (χ0n) is 10.6. The van der Waals surface area contributed by atoms with Gasteiger partial charge in [0.2, 0.25) is 0 Å². The zero-order chi connectivity index (χ0) is 14.0. The average Bonchev–Trinajstić information content (AvgIpc) is 2.36. The van der Waals surface area contributed by atoms with Crippen LogP contribution >= 0.6 is 11.6 Å². The third kappa shape index (κ3) is 2.93. The summed E-state index contributed by atoms with van der Waals surface area (Å²) >= 11 is 6.02. The van der Waals surface area contributed by atoms with Crippen LogP contribution in [0.3, 0.4) is 0 Å². The Bertz CT molecular complexity index is 640. The molecule has 0 bridgehead atoms. The van der Waals surface area contributed by atoms with E-state index in [4.69, 9.17) is 11.6 Å².